The van der Waals surface area contributed by atoms with Gasteiger partial charge in [-0.1, -0.05) is 31.2 Å². The van der Waals surface area contributed by atoms with Crippen LogP contribution in [0.2, 0.25) is 0 Å². The van der Waals surface area contributed by atoms with Gasteiger partial charge < -0.3 is 14.8 Å². The average Bonchev–Trinajstić information content (AvgIpc) is 3.46. The van der Waals surface area contributed by atoms with Crippen molar-refractivity contribution in [2.75, 3.05) is 12.4 Å². The summed E-state index contributed by atoms with van der Waals surface area (Å²) in [5.74, 6) is 1.63. The second-order valence-corrected chi connectivity index (χ2v) is 6.92. The zero-order valence-corrected chi connectivity index (χ0v) is 15.9. The number of methoxy groups -OCH3 is 1. The Bertz CT molecular complexity index is 768. The number of ether oxygens (including phenoxy) is 2. The van der Waals surface area contributed by atoms with Gasteiger partial charge in [0.2, 0.25) is 0 Å². The van der Waals surface area contributed by atoms with Gasteiger partial charge in [-0.05, 0) is 73.1 Å². The third kappa shape index (κ3) is 4.51. The normalized spacial score (nSPS) is 13.4. The van der Waals surface area contributed by atoms with E-state index in [1.54, 1.807) is 7.11 Å². The third-order valence-electron chi connectivity index (χ3n) is 4.63. The highest BCUT2D eigenvalue weighted by Crippen LogP contribution is 2.41. The number of benzene rings is 2. The van der Waals surface area contributed by atoms with E-state index >= 15 is 0 Å². The number of hydrogen-bond acceptors (Lipinski definition) is 3. The molecule has 3 rings (SSSR count). The van der Waals surface area contributed by atoms with Crippen molar-refractivity contribution in [1.29, 1.82) is 0 Å². The average molecular weight is 356 g/mol. The summed E-state index contributed by atoms with van der Waals surface area (Å²) in [5.41, 5.74) is 5.92. The summed E-state index contributed by atoms with van der Waals surface area (Å²) in [6.45, 7) is 4.76. The minimum atomic E-state index is 0.365. The highest BCUT2D eigenvalue weighted by atomic mass is 32.1. The number of thiocarbonyl (C=S) groups is 1. The first kappa shape index (κ1) is 17.7. The SMILES string of the molecule is CCc1ccc(OCc2cc(C3CC3)ccc2NC(=S)OC)c(C)c1. The molecule has 25 heavy (non-hydrogen) atoms. The lowest BCUT2D eigenvalue weighted by atomic mass is 10.1. The molecule has 1 aliphatic carbocycles. The molecule has 132 valence electrons. The predicted octanol–water partition coefficient (Wildman–Crippen LogP) is 5.36. The van der Waals surface area contributed by atoms with E-state index in [-0.39, 0.29) is 0 Å². The molecule has 2 aromatic carbocycles. The van der Waals surface area contributed by atoms with Crippen LogP contribution in [0.5, 0.6) is 5.75 Å². The Morgan fingerprint density at radius 3 is 2.64 bits per heavy atom. The molecule has 1 fully saturated rings. The minimum absolute atomic E-state index is 0.365. The molecule has 4 heteroatoms. The lowest BCUT2D eigenvalue weighted by molar-refractivity contribution is 0.304. The first-order valence-corrected chi connectivity index (χ1v) is 9.21. The number of rotatable bonds is 6. The van der Waals surface area contributed by atoms with Gasteiger partial charge in [-0.15, -0.1) is 0 Å². The van der Waals surface area contributed by atoms with Crippen molar-refractivity contribution < 1.29 is 9.47 Å². The molecule has 0 atom stereocenters. The van der Waals surface area contributed by atoms with E-state index in [2.05, 4.69) is 55.6 Å². The summed E-state index contributed by atoms with van der Waals surface area (Å²) >= 11 is 5.15. The van der Waals surface area contributed by atoms with Gasteiger partial charge in [0, 0.05) is 11.3 Å². The number of aryl methyl sites for hydroxylation is 2. The van der Waals surface area contributed by atoms with E-state index in [0.29, 0.717) is 17.7 Å². The number of hydrogen-bond donors (Lipinski definition) is 1. The van der Waals surface area contributed by atoms with Gasteiger partial charge in [0.25, 0.3) is 5.17 Å². The summed E-state index contributed by atoms with van der Waals surface area (Å²) < 4.78 is 11.2. The summed E-state index contributed by atoms with van der Waals surface area (Å²) in [5, 5.41) is 3.51. The largest absolute Gasteiger partial charge is 0.489 e. The van der Waals surface area contributed by atoms with Gasteiger partial charge in [0.1, 0.15) is 12.4 Å². The summed E-state index contributed by atoms with van der Waals surface area (Å²) in [6.07, 6.45) is 3.59. The molecule has 1 N–H and O–H groups in total. The summed E-state index contributed by atoms with van der Waals surface area (Å²) in [4.78, 5) is 0. The standard InChI is InChI=1S/C21H25NO2S/c1-4-15-5-10-20(14(2)11-15)24-13-18-12-17(16-6-7-16)8-9-19(18)22-21(25)23-3/h5,8-12,16H,4,6-7,13H2,1-3H3,(H,22,25). The topological polar surface area (TPSA) is 30.5 Å². The summed E-state index contributed by atoms with van der Waals surface area (Å²) in [7, 11) is 1.57. The lowest BCUT2D eigenvalue weighted by Gasteiger charge is -2.16. The van der Waals surface area contributed by atoms with Gasteiger partial charge in [-0.3, -0.25) is 0 Å². The fourth-order valence-corrected chi connectivity index (χ4v) is 3.05. The quantitative estimate of drug-likeness (QED) is 0.707. The van der Waals surface area contributed by atoms with Crippen molar-refractivity contribution in [2.45, 2.75) is 45.6 Å². The lowest BCUT2D eigenvalue weighted by Crippen LogP contribution is -2.13. The molecule has 1 aliphatic rings. The molecule has 0 unspecified atom stereocenters. The van der Waals surface area contributed by atoms with Crippen LogP contribution >= 0.6 is 12.2 Å². The molecule has 1 saturated carbocycles. The highest BCUT2D eigenvalue weighted by Gasteiger charge is 2.24. The third-order valence-corrected chi connectivity index (χ3v) is 4.90. The molecular formula is C21H25NO2S. The fraction of sp³-hybridized carbons (Fsp3) is 0.381. The minimum Gasteiger partial charge on any atom is -0.489 e. The van der Waals surface area contributed by atoms with Crippen LogP contribution in [0.15, 0.2) is 36.4 Å². The van der Waals surface area contributed by atoms with Crippen molar-refractivity contribution in [2.24, 2.45) is 0 Å². The van der Waals surface area contributed by atoms with Crippen molar-refractivity contribution >= 4 is 23.1 Å². The molecule has 2 aromatic rings. The van der Waals surface area contributed by atoms with Crippen LogP contribution in [0.25, 0.3) is 0 Å². The molecular weight excluding hydrogens is 330 g/mol. The van der Waals surface area contributed by atoms with Gasteiger partial charge >= 0.3 is 0 Å². The Labute approximate surface area is 155 Å². The van der Waals surface area contributed by atoms with Gasteiger partial charge in [-0.2, -0.15) is 0 Å². The molecule has 3 nitrogen and oxygen atoms in total. The molecule has 0 bridgehead atoms. The first-order valence-electron chi connectivity index (χ1n) is 8.80. The maximum Gasteiger partial charge on any atom is 0.260 e. The van der Waals surface area contributed by atoms with Gasteiger partial charge in [0.05, 0.1) is 7.11 Å². The maximum absolute atomic E-state index is 6.11. The first-order chi connectivity index (χ1) is 12.1. The van der Waals surface area contributed by atoms with E-state index in [1.165, 1.54) is 29.5 Å². The van der Waals surface area contributed by atoms with Crippen LogP contribution in [0.3, 0.4) is 0 Å². The highest BCUT2D eigenvalue weighted by molar-refractivity contribution is 7.80. The van der Waals surface area contributed by atoms with Crippen LogP contribution in [0, 0.1) is 6.92 Å². The van der Waals surface area contributed by atoms with Gasteiger partial charge in [0.15, 0.2) is 0 Å². The Morgan fingerprint density at radius 1 is 1.20 bits per heavy atom. The molecule has 0 radical (unpaired) electrons. The number of nitrogens with one attached hydrogen (secondary N) is 1. The van der Waals surface area contributed by atoms with Crippen molar-refractivity contribution in [3.05, 3.63) is 58.7 Å². The van der Waals surface area contributed by atoms with E-state index < -0.39 is 0 Å². The smallest absolute Gasteiger partial charge is 0.260 e. The Kier molecular flexibility index (Phi) is 5.59. The van der Waals surface area contributed by atoms with Crippen molar-refractivity contribution in [3.63, 3.8) is 0 Å². The molecule has 0 aliphatic heterocycles. The van der Waals surface area contributed by atoms with E-state index in [9.17, 15) is 0 Å². The van der Waals surface area contributed by atoms with E-state index in [1.807, 2.05) is 0 Å². The van der Waals surface area contributed by atoms with Crippen LogP contribution in [-0.2, 0) is 17.8 Å². The maximum atomic E-state index is 6.11. The Balaban J connectivity index is 1.79. The molecule has 0 heterocycles. The van der Waals surface area contributed by atoms with E-state index in [0.717, 1.165) is 23.4 Å². The van der Waals surface area contributed by atoms with Crippen LogP contribution in [-0.4, -0.2) is 12.3 Å². The van der Waals surface area contributed by atoms with Crippen LogP contribution < -0.4 is 10.1 Å². The Morgan fingerprint density at radius 2 is 2.00 bits per heavy atom. The summed E-state index contributed by atoms with van der Waals surface area (Å²) in [6, 6.07) is 12.9. The molecule has 0 spiro atoms. The van der Waals surface area contributed by atoms with Crippen molar-refractivity contribution in [1.82, 2.24) is 0 Å². The second kappa shape index (κ2) is 7.87. The van der Waals surface area contributed by atoms with Crippen LogP contribution in [0.4, 0.5) is 5.69 Å². The Hall–Kier alpha value is -2.07. The molecule has 0 amide bonds. The zero-order valence-electron chi connectivity index (χ0n) is 15.1. The zero-order chi connectivity index (χ0) is 17.8. The molecule has 0 aromatic heterocycles. The van der Waals surface area contributed by atoms with Crippen LogP contribution in [0.1, 0.15) is 47.9 Å². The van der Waals surface area contributed by atoms with Gasteiger partial charge in [-0.25, -0.2) is 0 Å². The predicted molar refractivity (Wildman–Crippen MR) is 107 cm³/mol. The fourth-order valence-electron chi connectivity index (χ4n) is 2.94. The van der Waals surface area contributed by atoms with E-state index in [4.69, 9.17) is 21.7 Å². The molecule has 0 saturated heterocycles. The second-order valence-electron chi connectivity index (χ2n) is 6.55. The van der Waals surface area contributed by atoms with Crippen molar-refractivity contribution in [3.8, 4) is 5.75 Å². The monoisotopic (exact) mass is 355 g/mol. The number of anilines is 1.